The summed E-state index contributed by atoms with van der Waals surface area (Å²) in [5.74, 6) is 2.12. The first-order chi connectivity index (χ1) is 14.1. The fraction of sp³-hybridized carbons (Fsp3) is 0.348. The van der Waals surface area contributed by atoms with Crippen molar-refractivity contribution in [2.75, 3.05) is 33.3 Å². The molecule has 2 rings (SSSR count). The summed E-state index contributed by atoms with van der Waals surface area (Å²) in [5.41, 5.74) is 1.45. The van der Waals surface area contributed by atoms with Gasteiger partial charge >= 0.3 is 0 Å². The molecule has 29 heavy (non-hydrogen) atoms. The first kappa shape index (κ1) is 22.1. The van der Waals surface area contributed by atoms with Crippen LogP contribution in [0.25, 0.3) is 6.08 Å². The molecule has 0 fully saturated rings. The summed E-state index contributed by atoms with van der Waals surface area (Å²) in [6.45, 7) is 2.87. The third kappa shape index (κ3) is 6.75. The van der Waals surface area contributed by atoms with Crippen molar-refractivity contribution >= 4 is 17.7 Å². The summed E-state index contributed by atoms with van der Waals surface area (Å²) in [6.07, 6.45) is 6.51. The zero-order valence-electron chi connectivity index (χ0n) is 17.5. The Kier molecular flexibility index (Phi) is 8.89. The van der Waals surface area contributed by atoms with E-state index in [1.807, 2.05) is 24.3 Å². The topological polar surface area (TPSA) is 66.0 Å². The molecule has 0 aliphatic heterocycles. The maximum Gasteiger partial charge on any atom is 0.248 e. The summed E-state index contributed by atoms with van der Waals surface area (Å²) in [6, 6.07) is 10.9. The second kappa shape index (κ2) is 11.6. The highest BCUT2D eigenvalue weighted by Crippen LogP contribution is 2.38. The second-order valence-corrected chi connectivity index (χ2v) is 6.36. The molecule has 0 atom stereocenters. The van der Waals surface area contributed by atoms with Crippen molar-refractivity contribution in [3.8, 4) is 23.0 Å². The summed E-state index contributed by atoms with van der Waals surface area (Å²) in [7, 11) is 4.65. The van der Waals surface area contributed by atoms with Crippen LogP contribution in [0.15, 0.2) is 42.5 Å². The molecule has 0 heterocycles. The van der Waals surface area contributed by atoms with E-state index in [0.29, 0.717) is 29.5 Å². The minimum absolute atomic E-state index is 0.240. The van der Waals surface area contributed by atoms with Gasteiger partial charge in [0.1, 0.15) is 5.75 Å². The molecule has 2 aromatic rings. The van der Waals surface area contributed by atoms with Crippen LogP contribution in [0.5, 0.6) is 23.0 Å². The molecule has 1 amide bonds. The van der Waals surface area contributed by atoms with Crippen LogP contribution >= 0.6 is 0 Å². The first-order valence-electron chi connectivity index (χ1n) is 9.63. The van der Waals surface area contributed by atoms with Crippen LogP contribution in [0.3, 0.4) is 0 Å². The van der Waals surface area contributed by atoms with Crippen molar-refractivity contribution in [1.29, 1.82) is 0 Å². The lowest BCUT2D eigenvalue weighted by atomic mass is 10.1. The van der Waals surface area contributed by atoms with Crippen LogP contribution in [0, 0.1) is 0 Å². The molecular formula is C23H29NO5. The number of benzene rings is 2. The second-order valence-electron chi connectivity index (χ2n) is 6.36. The predicted octanol–water partition coefficient (Wildman–Crippen LogP) is 4.93. The van der Waals surface area contributed by atoms with Crippen LogP contribution in [-0.4, -0.2) is 33.8 Å². The molecule has 156 valence electrons. The number of nitrogens with one attached hydrogen (secondary N) is 1. The van der Waals surface area contributed by atoms with E-state index in [2.05, 4.69) is 12.2 Å². The Morgan fingerprint density at radius 2 is 1.62 bits per heavy atom. The normalized spacial score (nSPS) is 10.6. The van der Waals surface area contributed by atoms with Gasteiger partial charge in [0, 0.05) is 11.8 Å². The average molecular weight is 399 g/mol. The molecule has 0 aromatic heterocycles. The molecule has 0 saturated heterocycles. The summed E-state index contributed by atoms with van der Waals surface area (Å²) < 4.78 is 21.6. The molecule has 0 spiro atoms. The van der Waals surface area contributed by atoms with E-state index in [0.717, 1.165) is 30.6 Å². The molecule has 6 heteroatoms. The highest BCUT2D eigenvalue weighted by atomic mass is 16.5. The van der Waals surface area contributed by atoms with Gasteiger partial charge in [0.25, 0.3) is 0 Å². The van der Waals surface area contributed by atoms with Gasteiger partial charge in [0.05, 0.1) is 27.9 Å². The van der Waals surface area contributed by atoms with E-state index < -0.39 is 0 Å². The van der Waals surface area contributed by atoms with E-state index in [-0.39, 0.29) is 5.91 Å². The van der Waals surface area contributed by atoms with Gasteiger partial charge in [-0.2, -0.15) is 0 Å². The van der Waals surface area contributed by atoms with Crippen molar-refractivity contribution < 1.29 is 23.7 Å². The quantitative estimate of drug-likeness (QED) is 0.429. The zero-order valence-corrected chi connectivity index (χ0v) is 17.5. The monoisotopic (exact) mass is 399 g/mol. The Morgan fingerprint density at radius 1 is 0.966 bits per heavy atom. The van der Waals surface area contributed by atoms with Crippen LogP contribution in [-0.2, 0) is 4.79 Å². The van der Waals surface area contributed by atoms with Crippen molar-refractivity contribution in [3.05, 3.63) is 48.0 Å². The van der Waals surface area contributed by atoms with E-state index in [1.54, 1.807) is 39.5 Å². The maximum atomic E-state index is 12.2. The molecule has 0 saturated carbocycles. The molecule has 0 bridgehead atoms. The lowest BCUT2D eigenvalue weighted by Crippen LogP contribution is -2.07. The number of anilines is 1. The third-order valence-electron chi connectivity index (χ3n) is 4.25. The summed E-state index contributed by atoms with van der Waals surface area (Å²) in [5, 5.41) is 2.83. The fourth-order valence-electron chi connectivity index (χ4n) is 2.73. The predicted molar refractivity (Wildman–Crippen MR) is 115 cm³/mol. The SMILES string of the molecule is CCCCCOc1ccc(NC(=O)/C=C/c2cc(OC)c(OC)c(OC)c2)cc1. The van der Waals surface area contributed by atoms with Crippen molar-refractivity contribution in [2.24, 2.45) is 0 Å². The van der Waals surface area contributed by atoms with E-state index in [1.165, 1.54) is 6.08 Å². The number of hydrogen-bond donors (Lipinski definition) is 1. The molecule has 0 unspecified atom stereocenters. The molecule has 0 radical (unpaired) electrons. The Bertz CT molecular complexity index is 790. The van der Waals surface area contributed by atoms with Crippen molar-refractivity contribution in [1.82, 2.24) is 0 Å². The van der Waals surface area contributed by atoms with Crippen molar-refractivity contribution in [2.45, 2.75) is 26.2 Å². The standard InChI is InChI=1S/C23H29NO5/c1-5-6-7-14-29-19-11-9-18(10-12-19)24-22(25)13-8-17-15-20(26-2)23(28-4)21(16-17)27-3/h8-13,15-16H,5-7,14H2,1-4H3,(H,24,25)/b13-8+. The van der Waals surface area contributed by atoms with Gasteiger partial charge in [-0.05, 0) is 54.5 Å². The van der Waals surface area contributed by atoms with E-state index >= 15 is 0 Å². The Labute approximate surface area is 172 Å². The van der Waals surface area contributed by atoms with Gasteiger partial charge in [-0.3, -0.25) is 4.79 Å². The van der Waals surface area contributed by atoms with E-state index in [9.17, 15) is 4.79 Å². The van der Waals surface area contributed by atoms with Crippen molar-refractivity contribution in [3.63, 3.8) is 0 Å². The minimum atomic E-state index is -0.240. The minimum Gasteiger partial charge on any atom is -0.494 e. The lowest BCUT2D eigenvalue weighted by molar-refractivity contribution is -0.111. The van der Waals surface area contributed by atoms with Gasteiger partial charge in [-0.25, -0.2) is 0 Å². The number of ether oxygens (including phenoxy) is 4. The van der Waals surface area contributed by atoms with Gasteiger partial charge < -0.3 is 24.3 Å². The highest BCUT2D eigenvalue weighted by molar-refractivity contribution is 6.02. The fourth-order valence-corrected chi connectivity index (χ4v) is 2.73. The highest BCUT2D eigenvalue weighted by Gasteiger charge is 2.12. The number of carbonyl (C=O) groups is 1. The Morgan fingerprint density at radius 3 is 2.17 bits per heavy atom. The third-order valence-corrected chi connectivity index (χ3v) is 4.25. The number of methoxy groups -OCH3 is 3. The number of hydrogen-bond acceptors (Lipinski definition) is 5. The number of carbonyl (C=O) groups excluding carboxylic acids is 1. The Balaban J connectivity index is 1.97. The molecule has 6 nitrogen and oxygen atoms in total. The van der Waals surface area contributed by atoms with Crippen LogP contribution in [0.4, 0.5) is 5.69 Å². The molecule has 2 aromatic carbocycles. The maximum absolute atomic E-state index is 12.2. The van der Waals surface area contributed by atoms with Crippen LogP contribution in [0.1, 0.15) is 31.7 Å². The Hall–Kier alpha value is -3.15. The average Bonchev–Trinajstić information content (AvgIpc) is 2.75. The van der Waals surface area contributed by atoms with Gasteiger partial charge in [-0.1, -0.05) is 19.8 Å². The molecule has 1 N–H and O–H groups in total. The smallest absolute Gasteiger partial charge is 0.248 e. The zero-order chi connectivity index (χ0) is 21.1. The number of unbranched alkanes of at least 4 members (excludes halogenated alkanes) is 2. The largest absolute Gasteiger partial charge is 0.494 e. The summed E-state index contributed by atoms with van der Waals surface area (Å²) >= 11 is 0. The van der Waals surface area contributed by atoms with Crippen LogP contribution < -0.4 is 24.3 Å². The number of rotatable bonds is 11. The number of amides is 1. The lowest BCUT2D eigenvalue weighted by Gasteiger charge is -2.12. The van der Waals surface area contributed by atoms with Gasteiger partial charge in [0.15, 0.2) is 11.5 Å². The van der Waals surface area contributed by atoms with Crippen LogP contribution in [0.2, 0.25) is 0 Å². The van der Waals surface area contributed by atoms with Gasteiger partial charge in [-0.15, -0.1) is 0 Å². The van der Waals surface area contributed by atoms with E-state index in [4.69, 9.17) is 18.9 Å². The molecule has 0 aliphatic rings. The summed E-state index contributed by atoms with van der Waals surface area (Å²) in [4.78, 5) is 12.2. The molecule has 0 aliphatic carbocycles. The van der Waals surface area contributed by atoms with Gasteiger partial charge in [0.2, 0.25) is 11.7 Å². The first-order valence-corrected chi connectivity index (χ1v) is 9.63. The molecular weight excluding hydrogens is 370 g/mol.